The van der Waals surface area contributed by atoms with Gasteiger partial charge < -0.3 is 9.47 Å². The molecule has 0 fully saturated rings. The van der Waals surface area contributed by atoms with Crippen molar-refractivity contribution in [2.45, 2.75) is 19.5 Å². The Bertz CT molecular complexity index is 1250. The molecular weight excluding hydrogens is 416 g/mol. The molecule has 0 saturated carbocycles. The Balaban J connectivity index is 1.26. The molecule has 0 aliphatic carbocycles. The zero-order valence-electron chi connectivity index (χ0n) is 18.6. The maximum atomic E-state index is 5.41. The number of benzene rings is 1. The maximum Gasteiger partial charge on any atom is 0.162 e. The van der Waals surface area contributed by atoms with Crippen molar-refractivity contribution < 1.29 is 9.47 Å². The number of ether oxygens (including phenoxy) is 2. The molecule has 0 atom stereocenters. The van der Waals surface area contributed by atoms with Crippen LogP contribution in [0.1, 0.15) is 16.8 Å². The van der Waals surface area contributed by atoms with Gasteiger partial charge in [0, 0.05) is 62.0 Å². The molecule has 3 aromatic heterocycles. The largest absolute Gasteiger partial charge is 0.493 e. The Labute approximate surface area is 192 Å². The van der Waals surface area contributed by atoms with Gasteiger partial charge in [-0.05, 0) is 29.8 Å². The van der Waals surface area contributed by atoms with Gasteiger partial charge in [-0.3, -0.25) is 9.88 Å². The smallest absolute Gasteiger partial charge is 0.162 e. The van der Waals surface area contributed by atoms with E-state index >= 15 is 0 Å². The molecule has 0 spiro atoms. The number of methoxy groups -OCH3 is 2. The van der Waals surface area contributed by atoms with Gasteiger partial charge in [-0.1, -0.05) is 6.07 Å². The van der Waals surface area contributed by atoms with Crippen molar-refractivity contribution in [2.24, 2.45) is 0 Å². The van der Waals surface area contributed by atoms with Crippen molar-refractivity contribution >= 4 is 0 Å². The molecule has 8 nitrogen and oxygen atoms in total. The first-order chi connectivity index (χ1) is 16.2. The Kier molecular flexibility index (Phi) is 5.91. The van der Waals surface area contributed by atoms with E-state index in [0.717, 1.165) is 54.1 Å². The molecule has 0 unspecified atom stereocenters. The molecule has 166 valence electrons. The van der Waals surface area contributed by atoms with Crippen LogP contribution in [0.25, 0.3) is 22.6 Å². The summed E-state index contributed by atoms with van der Waals surface area (Å²) in [5.74, 6) is 2.08. The summed E-state index contributed by atoms with van der Waals surface area (Å²) in [5, 5.41) is 0. The Morgan fingerprint density at radius 2 is 1.73 bits per heavy atom. The third-order valence-electron chi connectivity index (χ3n) is 5.74. The fourth-order valence-corrected chi connectivity index (χ4v) is 4.01. The Morgan fingerprint density at radius 1 is 0.879 bits per heavy atom. The van der Waals surface area contributed by atoms with Crippen LogP contribution in [0.3, 0.4) is 0 Å². The van der Waals surface area contributed by atoms with E-state index in [9.17, 15) is 0 Å². The molecule has 4 heterocycles. The zero-order chi connectivity index (χ0) is 22.6. The zero-order valence-corrected chi connectivity index (χ0v) is 18.6. The van der Waals surface area contributed by atoms with Gasteiger partial charge in [-0.2, -0.15) is 0 Å². The highest BCUT2D eigenvalue weighted by molar-refractivity contribution is 5.64. The van der Waals surface area contributed by atoms with Crippen LogP contribution in [0.4, 0.5) is 0 Å². The number of fused-ring (bicyclic) bond motifs is 1. The van der Waals surface area contributed by atoms with Crippen LogP contribution in [0, 0.1) is 0 Å². The molecule has 1 aliphatic heterocycles. The average molecular weight is 441 g/mol. The first-order valence-electron chi connectivity index (χ1n) is 10.7. The molecule has 1 aromatic carbocycles. The molecule has 0 radical (unpaired) electrons. The fraction of sp³-hybridized carbons (Fsp3) is 0.240. The molecule has 1 aliphatic rings. The van der Waals surface area contributed by atoms with E-state index in [-0.39, 0.29) is 0 Å². The number of nitrogens with zero attached hydrogens (tertiary/aromatic N) is 6. The molecule has 0 bridgehead atoms. The van der Waals surface area contributed by atoms with Gasteiger partial charge in [0.2, 0.25) is 0 Å². The van der Waals surface area contributed by atoms with E-state index in [2.05, 4.69) is 30.9 Å². The summed E-state index contributed by atoms with van der Waals surface area (Å²) in [5.41, 5.74) is 6.15. The van der Waals surface area contributed by atoms with Gasteiger partial charge in [0.05, 0.1) is 31.2 Å². The molecule has 0 amide bonds. The lowest BCUT2D eigenvalue weighted by atomic mass is 10.1. The molecule has 33 heavy (non-hydrogen) atoms. The SMILES string of the molecule is COc1ccc(-c2ccc(CN3CCc4nc(-c5cncnc5)ncc4C3)cn2)cc1OC. The van der Waals surface area contributed by atoms with Crippen molar-refractivity contribution in [3.05, 3.63) is 78.3 Å². The lowest BCUT2D eigenvalue weighted by Crippen LogP contribution is -2.31. The monoisotopic (exact) mass is 440 g/mol. The van der Waals surface area contributed by atoms with Gasteiger partial charge in [-0.15, -0.1) is 0 Å². The standard InChI is InChI=1S/C25H24N6O2/c1-32-23-6-4-18(9-24(23)33-2)21-5-3-17(10-28-21)14-31-8-7-22-20(15-31)13-29-25(30-22)19-11-26-16-27-12-19/h3-6,9-13,16H,7-8,14-15H2,1-2H3. The average Bonchev–Trinajstić information content (AvgIpc) is 2.89. The van der Waals surface area contributed by atoms with E-state index in [4.69, 9.17) is 14.5 Å². The highest BCUT2D eigenvalue weighted by Gasteiger charge is 2.19. The van der Waals surface area contributed by atoms with Crippen molar-refractivity contribution in [2.75, 3.05) is 20.8 Å². The molecule has 8 heteroatoms. The molecule has 0 N–H and O–H groups in total. The third-order valence-corrected chi connectivity index (χ3v) is 5.74. The van der Waals surface area contributed by atoms with Crippen molar-refractivity contribution in [3.8, 4) is 34.1 Å². The van der Waals surface area contributed by atoms with Gasteiger partial charge in [0.25, 0.3) is 0 Å². The minimum absolute atomic E-state index is 0.678. The Hall–Kier alpha value is -3.91. The van der Waals surface area contributed by atoms with Crippen LogP contribution in [-0.4, -0.2) is 50.6 Å². The molecule has 4 aromatic rings. The summed E-state index contributed by atoms with van der Waals surface area (Å²) in [6, 6.07) is 10.0. The highest BCUT2D eigenvalue weighted by Crippen LogP contribution is 2.31. The highest BCUT2D eigenvalue weighted by atomic mass is 16.5. The van der Waals surface area contributed by atoms with Crippen LogP contribution in [0.2, 0.25) is 0 Å². The van der Waals surface area contributed by atoms with Crippen LogP contribution >= 0.6 is 0 Å². The van der Waals surface area contributed by atoms with Crippen LogP contribution in [0.15, 0.2) is 61.4 Å². The lowest BCUT2D eigenvalue weighted by molar-refractivity contribution is 0.242. The van der Waals surface area contributed by atoms with Crippen molar-refractivity contribution in [3.63, 3.8) is 0 Å². The van der Waals surface area contributed by atoms with Gasteiger partial charge in [0.1, 0.15) is 6.33 Å². The molecule has 0 saturated heterocycles. The van der Waals surface area contributed by atoms with E-state index in [1.165, 1.54) is 11.9 Å². The normalized spacial score (nSPS) is 13.4. The summed E-state index contributed by atoms with van der Waals surface area (Å²) < 4.78 is 10.7. The summed E-state index contributed by atoms with van der Waals surface area (Å²) in [7, 11) is 3.27. The first-order valence-corrected chi connectivity index (χ1v) is 10.7. The minimum atomic E-state index is 0.678. The predicted octanol–water partition coefficient (Wildman–Crippen LogP) is 3.57. The first kappa shape index (κ1) is 21.0. The number of aromatic nitrogens is 5. The number of hydrogen-bond acceptors (Lipinski definition) is 8. The summed E-state index contributed by atoms with van der Waals surface area (Å²) in [6.45, 7) is 2.58. The number of pyridine rings is 1. The van der Waals surface area contributed by atoms with Crippen molar-refractivity contribution in [1.29, 1.82) is 0 Å². The fourth-order valence-electron chi connectivity index (χ4n) is 4.01. The second kappa shape index (κ2) is 9.30. The van der Waals surface area contributed by atoms with Crippen LogP contribution in [0.5, 0.6) is 11.5 Å². The summed E-state index contributed by atoms with van der Waals surface area (Å²) in [4.78, 5) is 24.5. The van der Waals surface area contributed by atoms with Crippen molar-refractivity contribution in [1.82, 2.24) is 29.8 Å². The topological polar surface area (TPSA) is 86.2 Å². The van der Waals surface area contributed by atoms with E-state index < -0.39 is 0 Å². The summed E-state index contributed by atoms with van der Waals surface area (Å²) >= 11 is 0. The number of rotatable bonds is 6. The second-order valence-corrected chi connectivity index (χ2v) is 7.87. The quantitative estimate of drug-likeness (QED) is 0.450. The number of hydrogen-bond donors (Lipinski definition) is 0. The molecule has 5 rings (SSSR count). The lowest BCUT2D eigenvalue weighted by Gasteiger charge is -2.28. The summed E-state index contributed by atoms with van der Waals surface area (Å²) in [6.07, 6.45) is 9.74. The second-order valence-electron chi connectivity index (χ2n) is 7.87. The van der Waals surface area contributed by atoms with Gasteiger partial charge >= 0.3 is 0 Å². The minimum Gasteiger partial charge on any atom is -0.493 e. The predicted molar refractivity (Wildman–Crippen MR) is 124 cm³/mol. The maximum absolute atomic E-state index is 5.41. The van der Waals surface area contributed by atoms with Crippen LogP contribution < -0.4 is 9.47 Å². The van der Waals surface area contributed by atoms with Gasteiger partial charge in [-0.25, -0.2) is 19.9 Å². The van der Waals surface area contributed by atoms with Gasteiger partial charge in [0.15, 0.2) is 17.3 Å². The molecular formula is C25H24N6O2. The van der Waals surface area contributed by atoms with E-state index in [0.29, 0.717) is 17.3 Å². The third kappa shape index (κ3) is 4.51. The van der Waals surface area contributed by atoms with Crippen LogP contribution in [-0.2, 0) is 19.5 Å². The van der Waals surface area contributed by atoms with E-state index in [1.807, 2.05) is 36.7 Å². The van der Waals surface area contributed by atoms with E-state index in [1.54, 1.807) is 26.6 Å². The Morgan fingerprint density at radius 3 is 2.48 bits per heavy atom.